The Kier molecular flexibility index (Phi) is 3.26. The highest BCUT2D eigenvalue weighted by atomic mass is 19.1. The molecule has 1 aromatic rings. The van der Waals surface area contributed by atoms with E-state index in [1.165, 1.54) is 14.0 Å². The second kappa shape index (κ2) is 4.67. The lowest BCUT2D eigenvalue weighted by Gasteiger charge is -2.10. The molecule has 0 saturated heterocycles. The fraction of sp³-hybridized carbons (Fsp3) is 0.455. The van der Waals surface area contributed by atoms with E-state index < -0.39 is 6.17 Å². The summed E-state index contributed by atoms with van der Waals surface area (Å²) >= 11 is 0. The molecule has 16 heavy (non-hydrogen) atoms. The number of rotatable bonds is 4. The first-order valence-corrected chi connectivity index (χ1v) is 5.04. The summed E-state index contributed by atoms with van der Waals surface area (Å²) in [5.74, 6) is 1.25. The van der Waals surface area contributed by atoms with Crippen molar-refractivity contribution in [3.05, 3.63) is 23.3 Å². The summed E-state index contributed by atoms with van der Waals surface area (Å²) in [6, 6.07) is 3.42. The maximum absolute atomic E-state index is 13.3. The van der Waals surface area contributed by atoms with E-state index in [2.05, 4.69) is 5.48 Å². The third kappa shape index (κ3) is 2.10. The van der Waals surface area contributed by atoms with E-state index >= 15 is 0 Å². The Morgan fingerprint density at radius 3 is 3.00 bits per heavy atom. The Morgan fingerprint density at radius 2 is 2.31 bits per heavy atom. The summed E-state index contributed by atoms with van der Waals surface area (Å²) in [7, 11) is 1.53. The third-order valence-corrected chi connectivity index (χ3v) is 2.44. The molecule has 1 aromatic carbocycles. The topological polar surface area (TPSA) is 39.7 Å². The molecular formula is C11H14FNO3. The van der Waals surface area contributed by atoms with Crippen molar-refractivity contribution in [2.24, 2.45) is 0 Å². The highest BCUT2D eigenvalue weighted by molar-refractivity contribution is 5.51. The second-order valence-corrected chi connectivity index (χ2v) is 3.56. The Hall–Kier alpha value is -1.33. The van der Waals surface area contributed by atoms with E-state index in [4.69, 9.17) is 14.3 Å². The van der Waals surface area contributed by atoms with E-state index in [-0.39, 0.29) is 6.79 Å². The normalized spacial score (nSPS) is 15.2. The number of alkyl halides is 1. The summed E-state index contributed by atoms with van der Waals surface area (Å²) in [6.07, 6.45) is -1.03. The van der Waals surface area contributed by atoms with E-state index in [1.807, 2.05) is 0 Å². The van der Waals surface area contributed by atoms with E-state index in [9.17, 15) is 4.39 Å². The molecule has 1 aliphatic heterocycles. The number of ether oxygens (including phenoxy) is 2. The number of hydroxylamine groups is 1. The van der Waals surface area contributed by atoms with Gasteiger partial charge in [-0.05, 0) is 24.6 Å². The van der Waals surface area contributed by atoms with Crippen molar-refractivity contribution < 1.29 is 18.7 Å². The van der Waals surface area contributed by atoms with Gasteiger partial charge in [0.15, 0.2) is 11.5 Å². The molecule has 88 valence electrons. The zero-order valence-corrected chi connectivity index (χ0v) is 9.25. The van der Waals surface area contributed by atoms with E-state index in [0.29, 0.717) is 23.6 Å². The summed E-state index contributed by atoms with van der Waals surface area (Å²) in [4.78, 5) is 4.77. The van der Waals surface area contributed by atoms with Crippen LogP contribution in [0.2, 0.25) is 0 Å². The van der Waals surface area contributed by atoms with Gasteiger partial charge in [-0.3, -0.25) is 0 Å². The van der Waals surface area contributed by atoms with Crippen LogP contribution >= 0.6 is 0 Å². The average Bonchev–Trinajstić information content (AvgIpc) is 2.73. The molecule has 5 heteroatoms. The molecule has 1 atom stereocenters. The molecule has 1 heterocycles. The predicted octanol–water partition coefficient (Wildman–Crippen LogP) is 2.10. The van der Waals surface area contributed by atoms with E-state index in [0.717, 1.165) is 5.56 Å². The summed E-state index contributed by atoms with van der Waals surface area (Å²) in [5.41, 5.74) is 4.11. The molecule has 0 saturated carbocycles. The quantitative estimate of drug-likeness (QED) is 0.799. The number of hydrogen-bond acceptors (Lipinski definition) is 4. The van der Waals surface area contributed by atoms with Gasteiger partial charge < -0.3 is 14.3 Å². The fourth-order valence-electron chi connectivity index (χ4n) is 1.62. The van der Waals surface area contributed by atoms with Gasteiger partial charge in [-0.15, -0.1) is 0 Å². The molecule has 0 aliphatic carbocycles. The lowest BCUT2D eigenvalue weighted by atomic mass is 10.1. The third-order valence-electron chi connectivity index (χ3n) is 2.44. The monoisotopic (exact) mass is 227 g/mol. The van der Waals surface area contributed by atoms with Crippen molar-refractivity contribution in [3.63, 3.8) is 0 Å². The van der Waals surface area contributed by atoms with Crippen LogP contribution in [-0.2, 0) is 11.4 Å². The zero-order chi connectivity index (χ0) is 11.5. The van der Waals surface area contributed by atoms with Crippen LogP contribution in [0.4, 0.5) is 4.39 Å². The van der Waals surface area contributed by atoms with Crippen molar-refractivity contribution in [2.45, 2.75) is 19.6 Å². The number of nitrogens with one attached hydrogen (secondary N) is 1. The van der Waals surface area contributed by atoms with Crippen LogP contribution in [0.1, 0.15) is 24.2 Å². The van der Waals surface area contributed by atoms with Gasteiger partial charge in [0.2, 0.25) is 6.79 Å². The SMILES string of the molecule is CONCc1cc(C(C)F)cc2c1OCO2. The van der Waals surface area contributed by atoms with Gasteiger partial charge in [0.25, 0.3) is 0 Å². The maximum atomic E-state index is 13.3. The summed E-state index contributed by atoms with van der Waals surface area (Å²) in [6.45, 7) is 2.12. The fourth-order valence-corrected chi connectivity index (χ4v) is 1.62. The van der Waals surface area contributed by atoms with Crippen LogP contribution in [-0.4, -0.2) is 13.9 Å². The van der Waals surface area contributed by atoms with Crippen LogP contribution in [0.15, 0.2) is 12.1 Å². The summed E-state index contributed by atoms with van der Waals surface area (Å²) in [5, 5.41) is 0. The van der Waals surface area contributed by atoms with Gasteiger partial charge in [-0.2, -0.15) is 5.48 Å². The lowest BCUT2D eigenvalue weighted by Crippen LogP contribution is -2.11. The smallest absolute Gasteiger partial charge is 0.231 e. The van der Waals surface area contributed by atoms with Crippen LogP contribution in [0, 0.1) is 0 Å². The summed E-state index contributed by atoms with van der Waals surface area (Å²) < 4.78 is 23.8. The van der Waals surface area contributed by atoms with Crippen molar-refractivity contribution in [1.82, 2.24) is 5.48 Å². The number of fused-ring (bicyclic) bond motifs is 1. The highest BCUT2D eigenvalue weighted by Crippen LogP contribution is 2.38. The average molecular weight is 227 g/mol. The Bertz CT molecular complexity index is 382. The van der Waals surface area contributed by atoms with Gasteiger partial charge in [-0.25, -0.2) is 4.39 Å². The molecule has 1 N–H and O–H groups in total. The molecule has 1 unspecified atom stereocenters. The van der Waals surface area contributed by atoms with E-state index in [1.54, 1.807) is 12.1 Å². The van der Waals surface area contributed by atoms with Gasteiger partial charge in [-0.1, -0.05) is 0 Å². The van der Waals surface area contributed by atoms with Gasteiger partial charge >= 0.3 is 0 Å². The van der Waals surface area contributed by atoms with Gasteiger partial charge in [0, 0.05) is 12.1 Å². The molecule has 0 spiro atoms. The molecule has 2 rings (SSSR count). The lowest BCUT2D eigenvalue weighted by molar-refractivity contribution is 0.0857. The molecule has 0 amide bonds. The molecule has 0 fully saturated rings. The van der Waals surface area contributed by atoms with Crippen molar-refractivity contribution >= 4 is 0 Å². The van der Waals surface area contributed by atoms with Crippen LogP contribution in [0.25, 0.3) is 0 Å². The number of hydrogen-bond donors (Lipinski definition) is 1. The van der Waals surface area contributed by atoms with Crippen LogP contribution < -0.4 is 15.0 Å². The van der Waals surface area contributed by atoms with Gasteiger partial charge in [0.1, 0.15) is 6.17 Å². The molecule has 0 bridgehead atoms. The minimum Gasteiger partial charge on any atom is -0.454 e. The minimum absolute atomic E-state index is 0.180. The Balaban J connectivity index is 2.33. The second-order valence-electron chi connectivity index (χ2n) is 3.56. The van der Waals surface area contributed by atoms with Crippen molar-refractivity contribution in [1.29, 1.82) is 0 Å². The van der Waals surface area contributed by atoms with Gasteiger partial charge in [0.05, 0.1) is 7.11 Å². The highest BCUT2D eigenvalue weighted by Gasteiger charge is 2.20. The van der Waals surface area contributed by atoms with Crippen LogP contribution in [0.3, 0.4) is 0 Å². The molecule has 4 nitrogen and oxygen atoms in total. The first kappa shape index (κ1) is 11.2. The standard InChI is InChI=1S/C11H14FNO3/c1-7(12)8-3-9(5-13-14-2)11-10(4-8)15-6-16-11/h3-4,7,13H,5-6H2,1-2H3. The van der Waals surface area contributed by atoms with Crippen molar-refractivity contribution in [2.75, 3.05) is 13.9 Å². The molecule has 0 radical (unpaired) electrons. The predicted molar refractivity (Wildman–Crippen MR) is 55.9 cm³/mol. The first-order valence-electron chi connectivity index (χ1n) is 5.04. The zero-order valence-electron chi connectivity index (χ0n) is 9.25. The van der Waals surface area contributed by atoms with Crippen molar-refractivity contribution in [3.8, 4) is 11.5 Å². The Morgan fingerprint density at radius 1 is 1.50 bits per heavy atom. The number of halogens is 1. The molecular weight excluding hydrogens is 213 g/mol. The largest absolute Gasteiger partial charge is 0.454 e. The molecule has 0 aromatic heterocycles. The minimum atomic E-state index is -1.03. The Labute approximate surface area is 93.3 Å². The van der Waals surface area contributed by atoms with Crippen LogP contribution in [0.5, 0.6) is 11.5 Å². The first-order chi connectivity index (χ1) is 7.72. The number of benzene rings is 1. The molecule has 1 aliphatic rings. The maximum Gasteiger partial charge on any atom is 0.231 e.